The number of H-pyrrole nitrogens is 1. The highest BCUT2D eigenvalue weighted by Gasteiger charge is 2.35. The van der Waals surface area contributed by atoms with Gasteiger partial charge in [-0.15, -0.1) is 0 Å². The number of benzene rings is 1. The molecule has 1 unspecified atom stereocenters. The van der Waals surface area contributed by atoms with E-state index in [2.05, 4.69) is 26.3 Å². The molecule has 12 nitrogen and oxygen atoms in total. The Hall–Kier alpha value is -4.09. The Morgan fingerprint density at radius 2 is 1.87 bits per heavy atom. The van der Waals surface area contributed by atoms with E-state index < -0.39 is 35.6 Å². The normalized spacial score (nSPS) is 15.4. The minimum Gasteiger partial charge on any atom is -0.496 e. The molecule has 5 N–H and O–H groups in total. The fraction of sp³-hybridized carbons (Fsp3) is 0.519. The van der Waals surface area contributed by atoms with Gasteiger partial charge < -0.3 is 35.9 Å². The van der Waals surface area contributed by atoms with Crippen LogP contribution in [0.5, 0.6) is 5.75 Å². The lowest BCUT2D eigenvalue weighted by molar-refractivity contribution is -0.140. The van der Waals surface area contributed by atoms with Crippen LogP contribution in [0.1, 0.15) is 44.6 Å². The summed E-state index contributed by atoms with van der Waals surface area (Å²) in [5.74, 6) is -2.42. The van der Waals surface area contributed by atoms with Crippen molar-refractivity contribution < 1.29 is 28.7 Å². The molecule has 0 radical (unpaired) electrons. The summed E-state index contributed by atoms with van der Waals surface area (Å²) in [7, 11) is 1.54. The number of methoxy groups -OCH3 is 1. The zero-order chi connectivity index (χ0) is 28.7. The van der Waals surface area contributed by atoms with E-state index in [1.54, 1.807) is 25.1 Å². The number of ketones is 1. The van der Waals surface area contributed by atoms with E-state index in [9.17, 15) is 24.0 Å². The maximum atomic E-state index is 13.5. The van der Waals surface area contributed by atoms with Crippen LogP contribution in [-0.4, -0.2) is 84.8 Å². The minimum atomic E-state index is -1.28. The number of ether oxygens (including phenoxy) is 1. The van der Waals surface area contributed by atoms with Gasteiger partial charge in [0.05, 0.1) is 13.7 Å². The first-order valence-corrected chi connectivity index (χ1v) is 13.2. The van der Waals surface area contributed by atoms with Crippen LogP contribution in [0.2, 0.25) is 0 Å². The summed E-state index contributed by atoms with van der Waals surface area (Å²) in [5, 5.41) is 11.3. The maximum Gasteiger partial charge on any atom is 0.317 e. The summed E-state index contributed by atoms with van der Waals surface area (Å²) in [4.78, 5) is 68.8. The number of aromatic amines is 1. The maximum absolute atomic E-state index is 13.5. The third-order valence-electron chi connectivity index (χ3n) is 6.75. The van der Waals surface area contributed by atoms with Crippen molar-refractivity contribution in [1.29, 1.82) is 0 Å². The average molecular weight is 543 g/mol. The summed E-state index contributed by atoms with van der Waals surface area (Å²) in [6.07, 6.45) is 0.556. The van der Waals surface area contributed by atoms with Crippen LogP contribution in [0.15, 0.2) is 24.3 Å². The van der Waals surface area contributed by atoms with Crippen molar-refractivity contribution in [1.82, 2.24) is 31.2 Å². The van der Waals surface area contributed by atoms with Gasteiger partial charge in [0.1, 0.15) is 23.5 Å². The zero-order valence-electron chi connectivity index (χ0n) is 23.1. The number of nitrogens with zero attached hydrogens (tertiary/aromatic N) is 1. The Labute approximate surface area is 227 Å². The smallest absolute Gasteiger partial charge is 0.317 e. The topological polar surface area (TPSA) is 162 Å². The molecule has 1 aromatic heterocycles. The summed E-state index contributed by atoms with van der Waals surface area (Å²) >= 11 is 0. The van der Waals surface area contributed by atoms with Crippen molar-refractivity contribution in [3.63, 3.8) is 0 Å². The third kappa shape index (κ3) is 7.27. The molecule has 2 aromatic rings. The highest BCUT2D eigenvalue weighted by Crippen LogP contribution is 2.26. The number of carbonyl (C=O) groups excluding carboxylic acids is 5. The molecular weight excluding hydrogens is 504 g/mol. The molecule has 1 aromatic carbocycles. The molecule has 5 amide bonds. The average Bonchev–Trinajstić information content (AvgIpc) is 3.54. The Balaban J connectivity index is 1.80. The van der Waals surface area contributed by atoms with E-state index in [1.165, 1.54) is 12.0 Å². The highest BCUT2D eigenvalue weighted by atomic mass is 16.5. The number of Topliss-reactive ketones (excluding diaryl/α,β-unsaturated/α-hetero) is 1. The molecule has 1 saturated heterocycles. The SMILES string of the molecule is CC[C@@H](C)[C@H](NC(=O)c1cc2c(OC)cccc2[nH]1)C(=O)NC(CN1CCNC1=O)C(=O)C(=O)NCC(C)C. The highest BCUT2D eigenvalue weighted by molar-refractivity contribution is 6.38. The van der Waals surface area contributed by atoms with E-state index in [1.807, 2.05) is 26.8 Å². The fourth-order valence-electron chi connectivity index (χ4n) is 4.25. The van der Waals surface area contributed by atoms with Gasteiger partial charge in [-0.3, -0.25) is 19.2 Å². The first-order chi connectivity index (χ1) is 18.5. The Morgan fingerprint density at radius 3 is 2.49 bits per heavy atom. The third-order valence-corrected chi connectivity index (χ3v) is 6.75. The molecule has 12 heteroatoms. The molecule has 1 aliphatic rings. The molecule has 0 aliphatic carbocycles. The summed E-state index contributed by atoms with van der Waals surface area (Å²) in [6.45, 7) is 8.31. The van der Waals surface area contributed by atoms with E-state index >= 15 is 0 Å². The Morgan fingerprint density at radius 1 is 1.13 bits per heavy atom. The van der Waals surface area contributed by atoms with Gasteiger partial charge in [0.25, 0.3) is 11.8 Å². The predicted octanol–water partition coefficient (Wildman–Crippen LogP) is 1.17. The van der Waals surface area contributed by atoms with Crippen molar-refractivity contribution in [3.8, 4) is 5.75 Å². The van der Waals surface area contributed by atoms with Gasteiger partial charge in [-0.1, -0.05) is 40.2 Å². The number of hydrogen-bond donors (Lipinski definition) is 5. The van der Waals surface area contributed by atoms with Gasteiger partial charge in [0.15, 0.2) is 0 Å². The second kappa shape index (κ2) is 13.1. The van der Waals surface area contributed by atoms with E-state index in [0.717, 1.165) is 5.39 Å². The molecule has 3 rings (SSSR count). The van der Waals surface area contributed by atoms with E-state index in [4.69, 9.17) is 4.74 Å². The molecule has 39 heavy (non-hydrogen) atoms. The summed E-state index contributed by atoms with van der Waals surface area (Å²) in [5.41, 5.74) is 0.941. The number of amides is 5. The quantitative estimate of drug-likeness (QED) is 0.239. The summed E-state index contributed by atoms with van der Waals surface area (Å²) < 4.78 is 5.36. The van der Waals surface area contributed by atoms with Crippen LogP contribution >= 0.6 is 0 Å². The Kier molecular flexibility index (Phi) is 9.91. The van der Waals surface area contributed by atoms with Crippen LogP contribution in [-0.2, 0) is 14.4 Å². The molecule has 0 bridgehead atoms. The second-order valence-electron chi connectivity index (χ2n) is 10.1. The number of hydrogen-bond acceptors (Lipinski definition) is 6. The van der Waals surface area contributed by atoms with Gasteiger partial charge in [-0.2, -0.15) is 0 Å². The summed E-state index contributed by atoms with van der Waals surface area (Å²) in [6, 6.07) is 4.36. The predicted molar refractivity (Wildman–Crippen MR) is 145 cm³/mol. The number of carbonyl (C=O) groups is 5. The van der Waals surface area contributed by atoms with Gasteiger partial charge in [0.2, 0.25) is 11.7 Å². The van der Waals surface area contributed by atoms with Crippen molar-refractivity contribution in [2.45, 2.75) is 46.2 Å². The van der Waals surface area contributed by atoms with Gasteiger partial charge in [-0.25, -0.2) is 4.79 Å². The first-order valence-electron chi connectivity index (χ1n) is 13.2. The standard InChI is InChI=1S/C27H38N6O6/c1-6-16(4)22(32-24(35)19-12-17-18(30-19)8-7-9-21(17)39-5)25(36)31-20(14-33-11-10-28-27(33)38)23(34)26(37)29-13-15(2)3/h7-9,12,15-16,20,22,30H,6,10-11,13-14H2,1-5H3,(H,28,38)(H,29,37)(H,31,36)(H,32,35)/t16-,20?,22+/m1/s1. The molecular formula is C27H38N6O6. The van der Waals surface area contributed by atoms with Gasteiger partial charge >= 0.3 is 6.03 Å². The van der Waals surface area contributed by atoms with Crippen LogP contribution < -0.4 is 26.0 Å². The van der Waals surface area contributed by atoms with Crippen LogP contribution in [0.25, 0.3) is 10.9 Å². The van der Waals surface area contributed by atoms with Gasteiger partial charge in [0, 0.05) is 30.5 Å². The zero-order valence-corrected chi connectivity index (χ0v) is 23.1. The van der Waals surface area contributed by atoms with Crippen LogP contribution in [0.3, 0.4) is 0 Å². The lowest BCUT2D eigenvalue weighted by Gasteiger charge is -2.27. The second-order valence-corrected chi connectivity index (χ2v) is 10.1. The van der Waals surface area contributed by atoms with Crippen molar-refractivity contribution in [3.05, 3.63) is 30.0 Å². The van der Waals surface area contributed by atoms with E-state index in [-0.39, 0.29) is 36.7 Å². The molecule has 1 aliphatic heterocycles. The number of urea groups is 1. The number of rotatable bonds is 13. The molecule has 1 fully saturated rings. The monoisotopic (exact) mass is 542 g/mol. The molecule has 212 valence electrons. The minimum absolute atomic E-state index is 0.119. The number of aromatic nitrogens is 1. The lowest BCUT2D eigenvalue weighted by Crippen LogP contribution is -2.58. The lowest BCUT2D eigenvalue weighted by atomic mass is 9.97. The molecule has 0 spiro atoms. The Bertz CT molecular complexity index is 1220. The van der Waals surface area contributed by atoms with Crippen LogP contribution in [0, 0.1) is 11.8 Å². The van der Waals surface area contributed by atoms with Crippen molar-refractivity contribution >= 4 is 40.4 Å². The molecule has 2 heterocycles. The van der Waals surface area contributed by atoms with Crippen LogP contribution in [0.4, 0.5) is 4.79 Å². The molecule has 3 atom stereocenters. The van der Waals surface area contributed by atoms with Crippen molar-refractivity contribution in [2.24, 2.45) is 11.8 Å². The first kappa shape index (κ1) is 29.5. The van der Waals surface area contributed by atoms with Gasteiger partial charge in [-0.05, 0) is 30.0 Å². The largest absolute Gasteiger partial charge is 0.496 e. The fourth-order valence-corrected chi connectivity index (χ4v) is 4.25. The van der Waals surface area contributed by atoms with Crippen molar-refractivity contribution in [2.75, 3.05) is 33.3 Å². The van der Waals surface area contributed by atoms with E-state index in [0.29, 0.717) is 30.8 Å². The molecule has 0 saturated carbocycles. The number of nitrogens with one attached hydrogen (secondary N) is 5. The number of fused-ring (bicyclic) bond motifs is 1.